The van der Waals surface area contributed by atoms with Crippen LogP contribution in [0, 0.1) is 5.92 Å². The van der Waals surface area contributed by atoms with Gasteiger partial charge in [-0.3, -0.25) is 0 Å². The summed E-state index contributed by atoms with van der Waals surface area (Å²) in [7, 11) is -1.94. The molecule has 28 heavy (non-hydrogen) atoms. The maximum atomic E-state index is 13.0. The third-order valence-corrected chi connectivity index (χ3v) is 7.91. The number of methoxy groups -OCH3 is 1. The van der Waals surface area contributed by atoms with Gasteiger partial charge in [-0.25, -0.2) is 8.42 Å². The smallest absolute Gasteiger partial charge is 0.243 e. The van der Waals surface area contributed by atoms with Gasteiger partial charge in [-0.1, -0.05) is 26.2 Å². The first-order valence-corrected chi connectivity index (χ1v) is 12.0. The molecule has 2 aliphatic rings. The minimum Gasteiger partial charge on any atom is -0.495 e. The number of anilines is 1. The number of hydrogen-bond acceptors (Lipinski definition) is 4. The zero-order valence-electron chi connectivity index (χ0n) is 16.7. The third kappa shape index (κ3) is 4.96. The van der Waals surface area contributed by atoms with E-state index in [1.165, 1.54) is 19.3 Å². The molecule has 2 fully saturated rings. The summed E-state index contributed by atoms with van der Waals surface area (Å²) in [6.45, 7) is 3.40. The normalized spacial score (nSPS) is 23.8. The van der Waals surface area contributed by atoms with Gasteiger partial charge in [-0.2, -0.15) is 4.31 Å². The fourth-order valence-corrected chi connectivity index (χ4v) is 5.86. The number of thiocarbonyl (C=S) groups is 1. The molecular weight excluding hydrogens is 394 g/mol. The standard InChI is InChI=1S/C20H31N3O3S2/c1-15-8-4-5-9-17(15)21-20(27)22-18-14-16(10-11-19(18)26-2)28(24,25)23-12-6-3-7-13-23/h10-11,14-15,17H,3-9,12-13H2,1-2H3,(H2,21,22,27). The van der Waals surface area contributed by atoms with Crippen LogP contribution in [0.25, 0.3) is 0 Å². The Morgan fingerprint density at radius 3 is 2.54 bits per heavy atom. The van der Waals surface area contributed by atoms with Crippen LogP contribution >= 0.6 is 12.2 Å². The van der Waals surface area contributed by atoms with E-state index in [0.29, 0.717) is 41.6 Å². The summed E-state index contributed by atoms with van der Waals surface area (Å²) >= 11 is 5.50. The molecule has 1 saturated heterocycles. The molecule has 2 unspecified atom stereocenters. The van der Waals surface area contributed by atoms with Crippen molar-refractivity contribution >= 4 is 33.0 Å². The van der Waals surface area contributed by atoms with Gasteiger partial charge < -0.3 is 15.4 Å². The number of hydrogen-bond donors (Lipinski definition) is 2. The number of benzene rings is 1. The second kappa shape index (κ2) is 9.41. The van der Waals surface area contributed by atoms with E-state index in [2.05, 4.69) is 17.6 Å². The maximum absolute atomic E-state index is 13.0. The summed E-state index contributed by atoms with van der Waals surface area (Å²) in [5, 5.41) is 7.06. The molecule has 3 rings (SSSR count). The van der Waals surface area contributed by atoms with Crippen LogP contribution in [0.15, 0.2) is 23.1 Å². The molecule has 1 aromatic carbocycles. The molecule has 1 aliphatic heterocycles. The van der Waals surface area contributed by atoms with Crippen LogP contribution in [0.2, 0.25) is 0 Å². The summed E-state index contributed by atoms with van der Waals surface area (Å²) < 4.78 is 33.0. The highest BCUT2D eigenvalue weighted by molar-refractivity contribution is 7.89. The Bertz CT molecular complexity index is 792. The predicted molar refractivity (Wildman–Crippen MR) is 116 cm³/mol. The highest BCUT2D eigenvalue weighted by Crippen LogP contribution is 2.30. The van der Waals surface area contributed by atoms with Gasteiger partial charge >= 0.3 is 0 Å². The zero-order valence-corrected chi connectivity index (χ0v) is 18.4. The van der Waals surface area contributed by atoms with Crippen LogP contribution < -0.4 is 15.4 Å². The first-order valence-electron chi connectivity index (χ1n) is 10.2. The van der Waals surface area contributed by atoms with Crippen LogP contribution in [-0.4, -0.2) is 44.1 Å². The van der Waals surface area contributed by atoms with Crippen molar-refractivity contribution in [3.05, 3.63) is 18.2 Å². The first-order chi connectivity index (χ1) is 13.4. The Balaban J connectivity index is 1.76. The first kappa shape index (κ1) is 21.3. The molecule has 0 radical (unpaired) electrons. The Hall–Kier alpha value is -1.38. The van der Waals surface area contributed by atoms with Gasteiger partial charge in [0.15, 0.2) is 5.11 Å². The topological polar surface area (TPSA) is 70.7 Å². The van der Waals surface area contributed by atoms with E-state index in [0.717, 1.165) is 25.7 Å². The van der Waals surface area contributed by atoms with Crippen LogP contribution in [0.3, 0.4) is 0 Å². The van der Waals surface area contributed by atoms with Crippen LogP contribution in [0.5, 0.6) is 5.75 Å². The van der Waals surface area contributed by atoms with Crippen LogP contribution in [0.1, 0.15) is 51.9 Å². The van der Waals surface area contributed by atoms with Crippen molar-refractivity contribution in [2.75, 3.05) is 25.5 Å². The number of nitrogens with zero attached hydrogens (tertiary/aromatic N) is 1. The lowest BCUT2D eigenvalue weighted by Crippen LogP contribution is -2.43. The molecule has 2 atom stereocenters. The molecule has 0 amide bonds. The minimum atomic E-state index is -3.51. The van der Waals surface area contributed by atoms with E-state index >= 15 is 0 Å². The SMILES string of the molecule is COc1ccc(S(=O)(=O)N2CCCCC2)cc1NC(=S)NC1CCCCC1C. The largest absolute Gasteiger partial charge is 0.495 e. The summed E-state index contributed by atoms with van der Waals surface area (Å²) in [5.74, 6) is 1.14. The van der Waals surface area contributed by atoms with Gasteiger partial charge in [0.1, 0.15) is 5.75 Å². The molecule has 2 N–H and O–H groups in total. The molecule has 156 valence electrons. The molecule has 1 aromatic rings. The monoisotopic (exact) mass is 425 g/mol. The fraction of sp³-hybridized carbons (Fsp3) is 0.650. The zero-order chi connectivity index (χ0) is 20.1. The fourth-order valence-electron chi connectivity index (χ4n) is 4.06. The van der Waals surface area contributed by atoms with Crippen molar-refractivity contribution < 1.29 is 13.2 Å². The molecule has 0 spiro atoms. The Labute approximate surface area is 174 Å². The molecule has 1 heterocycles. The molecule has 6 nitrogen and oxygen atoms in total. The molecule has 8 heteroatoms. The van der Waals surface area contributed by atoms with Crippen molar-refractivity contribution in [2.24, 2.45) is 5.92 Å². The quantitative estimate of drug-likeness (QED) is 0.701. The summed E-state index contributed by atoms with van der Waals surface area (Å²) in [4.78, 5) is 0.270. The summed E-state index contributed by atoms with van der Waals surface area (Å²) in [5.41, 5.74) is 0.571. The van der Waals surface area contributed by atoms with Gasteiger partial charge in [0.25, 0.3) is 0 Å². The minimum absolute atomic E-state index is 0.270. The second-order valence-electron chi connectivity index (χ2n) is 7.79. The van der Waals surface area contributed by atoms with Crippen molar-refractivity contribution in [1.82, 2.24) is 9.62 Å². The highest BCUT2D eigenvalue weighted by Gasteiger charge is 2.27. The number of rotatable bonds is 5. The lowest BCUT2D eigenvalue weighted by Gasteiger charge is -2.30. The van der Waals surface area contributed by atoms with Gasteiger partial charge in [0.2, 0.25) is 10.0 Å². The number of piperidine rings is 1. The molecule has 0 aromatic heterocycles. The average molecular weight is 426 g/mol. The van der Waals surface area contributed by atoms with Crippen molar-refractivity contribution in [1.29, 1.82) is 0 Å². The van der Waals surface area contributed by atoms with E-state index in [9.17, 15) is 8.42 Å². The molecule has 1 aliphatic carbocycles. The van der Waals surface area contributed by atoms with E-state index in [1.807, 2.05) is 0 Å². The lowest BCUT2D eigenvalue weighted by atomic mass is 9.86. The van der Waals surface area contributed by atoms with E-state index in [-0.39, 0.29) is 4.90 Å². The van der Waals surface area contributed by atoms with Crippen molar-refractivity contribution in [3.63, 3.8) is 0 Å². The van der Waals surface area contributed by atoms with Gasteiger partial charge in [-0.05, 0) is 62.0 Å². The molecule has 0 bridgehead atoms. The van der Waals surface area contributed by atoms with Gasteiger partial charge in [-0.15, -0.1) is 0 Å². The van der Waals surface area contributed by atoms with Crippen LogP contribution in [0.4, 0.5) is 5.69 Å². The number of sulfonamides is 1. The lowest BCUT2D eigenvalue weighted by molar-refractivity contribution is 0.309. The maximum Gasteiger partial charge on any atom is 0.243 e. The molecule has 1 saturated carbocycles. The number of ether oxygens (including phenoxy) is 1. The van der Waals surface area contributed by atoms with E-state index in [1.54, 1.807) is 29.6 Å². The Morgan fingerprint density at radius 1 is 1.14 bits per heavy atom. The third-order valence-electron chi connectivity index (χ3n) is 5.80. The number of nitrogens with one attached hydrogen (secondary N) is 2. The van der Waals surface area contributed by atoms with Gasteiger partial charge in [0, 0.05) is 19.1 Å². The Kier molecular flexibility index (Phi) is 7.17. The highest BCUT2D eigenvalue weighted by atomic mass is 32.2. The van der Waals surface area contributed by atoms with Gasteiger partial charge in [0.05, 0.1) is 17.7 Å². The van der Waals surface area contributed by atoms with E-state index in [4.69, 9.17) is 17.0 Å². The van der Waals surface area contributed by atoms with Crippen molar-refractivity contribution in [3.8, 4) is 5.75 Å². The predicted octanol–water partition coefficient (Wildman–Crippen LogP) is 3.73. The Morgan fingerprint density at radius 2 is 1.86 bits per heavy atom. The molecular formula is C20H31N3O3S2. The van der Waals surface area contributed by atoms with Crippen LogP contribution in [-0.2, 0) is 10.0 Å². The van der Waals surface area contributed by atoms with E-state index < -0.39 is 10.0 Å². The van der Waals surface area contributed by atoms with Crippen molar-refractivity contribution in [2.45, 2.75) is 62.8 Å². The second-order valence-corrected chi connectivity index (χ2v) is 10.1. The average Bonchev–Trinajstić information content (AvgIpc) is 2.70. The summed E-state index contributed by atoms with van der Waals surface area (Å²) in [6, 6.07) is 5.26. The summed E-state index contributed by atoms with van der Waals surface area (Å²) in [6.07, 6.45) is 7.68.